The highest BCUT2D eigenvalue weighted by Gasteiger charge is 2.08. The Morgan fingerprint density at radius 3 is 1.86 bits per heavy atom. The molecule has 1 saturated carbocycles. The van der Waals surface area contributed by atoms with Crippen molar-refractivity contribution < 1.29 is 14.6 Å². The maximum Gasteiger partial charge on any atom is 0.293 e. The first kappa shape index (κ1) is 13.4. The number of hydrogen-bond donors (Lipinski definition) is 1. The molecule has 0 aromatic rings. The largest absolute Gasteiger partial charge is 0.462 e. The molecule has 0 aromatic carbocycles. The van der Waals surface area contributed by atoms with Crippen molar-refractivity contribution in [3.05, 3.63) is 0 Å². The van der Waals surface area contributed by atoms with E-state index < -0.39 is 0 Å². The van der Waals surface area contributed by atoms with Gasteiger partial charge in [0.2, 0.25) is 0 Å². The maximum atomic E-state index is 9.60. The minimum atomic E-state index is -0.318. The highest BCUT2D eigenvalue weighted by atomic mass is 16.5. The number of ether oxygens (including phenoxy) is 1. The van der Waals surface area contributed by atoms with Gasteiger partial charge in [-0.25, -0.2) is 0 Å². The van der Waals surface area contributed by atoms with Crippen molar-refractivity contribution >= 4 is 6.47 Å². The summed E-state index contributed by atoms with van der Waals surface area (Å²) in [5, 5.41) is 8.91. The predicted octanol–water partition coefficient (Wildman–Crippen LogP) is 2.27. The van der Waals surface area contributed by atoms with Gasteiger partial charge in [0.05, 0.1) is 6.10 Å². The summed E-state index contributed by atoms with van der Waals surface area (Å²) >= 11 is 0. The smallest absolute Gasteiger partial charge is 0.293 e. The number of aliphatic hydroxyl groups is 1. The monoisotopic (exact) mass is 202 g/mol. The molecule has 0 amide bonds. The fourth-order valence-electron chi connectivity index (χ4n) is 1.23. The van der Waals surface area contributed by atoms with E-state index in [0.717, 1.165) is 12.8 Å². The summed E-state index contributed by atoms with van der Waals surface area (Å²) in [6.07, 6.45) is 5.92. The second-order valence-electron chi connectivity index (χ2n) is 4.62. The molecule has 1 N–H and O–H groups in total. The first-order valence-electron chi connectivity index (χ1n) is 5.25. The zero-order valence-electron chi connectivity index (χ0n) is 9.45. The zero-order valence-corrected chi connectivity index (χ0v) is 9.45. The van der Waals surface area contributed by atoms with Crippen LogP contribution in [0.3, 0.4) is 0 Å². The molecule has 0 atom stereocenters. The van der Waals surface area contributed by atoms with Crippen molar-refractivity contribution in [2.75, 3.05) is 0 Å². The Hall–Kier alpha value is -0.570. The third-order valence-electron chi connectivity index (χ3n) is 1.98. The number of hydrogen-bond acceptors (Lipinski definition) is 3. The number of rotatable bonds is 1. The third-order valence-corrected chi connectivity index (χ3v) is 1.98. The molecule has 0 unspecified atom stereocenters. The van der Waals surface area contributed by atoms with Crippen LogP contribution in [0.5, 0.6) is 0 Å². The SMILES string of the molecule is CC(C)(C)OC=O.OC1CCCCC1. The fourth-order valence-corrected chi connectivity index (χ4v) is 1.23. The zero-order chi connectivity index (χ0) is 11.0. The first-order chi connectivity index (χ1) is 6.45. The molecule has 3 heteroatoms. The average molecular weight is 202 g/mol. The van der Waals surface area contributed by atoms with Gasteiger partial charge in [0.25, 0.3) is 6.47 Å². The third kappa shape index (κ3) is 9.52. The lowest BCUT2D eigenvalue weighted by molar-refractivity contribution is -0.138. The lowest BCUT2D eigenvalue weighted by atomic mass is 9.98. The lowest BCUT2D eigenvalue weighted by Gasteiger charge is -2.14. The number of carbonyl (C=O) groups excluding carboxylic acids is 1. The molecule has 0 radical (unpaired) electrons. The van der Waals surface area contributed by atoms with Gasteiger partial charge in [-0.15, -0.1) is 0 Å². The van der Waals surface area contributed by atoms with E-state index in [1.807, 2.05) is 20.8 Å². The van der Waals surface area contributed by atoms with Gasteiger partial charge >= 0.3 is 0 Å². The van der Waals surface area contributed by atoms with Crippen molar-refractivity contribution in [1.29, 1.82) is 0 Å². The van der Waals surface area contributed by atoms with E-state index in [0.29, 0.717) is 6.47 Å². The van der Waals surface area contributed by atoms with Crippen LogP contribution in [0, 0.1) is 0 Å². The van der Waals surface area contributed by atoms with Crippen LogP contribution in [-0.2, 0) is 9.53 Å². The molecule has 0 heterocycles. The minimum absolute atomic E-state index is 0.0359. The Balaban J connectivity index is 0.000000241. The molecular weight excluding hydrogens is 180 g/mol. The Labute approximate surface area is 86.5 Å². The van der Waals surface area contributed by atoms with Crippen LogP contribution in [-0.4, -0.2) is 23.3 Å². The molecule has 0 saturated heterocycles. The van der Waals surface area contributed by atoms with Crippen LogP contribution in [0.4, 0.5) is 0 Å². The highest BCUT2D eigenvalue weighted by Crippen LogP contribution is 2.16. The van der Waals surface area contributed by atoms with Gasteiger partial charge in [0.15, 0.2) is 0 Å². The summed E-state index contributed by atoms with van der Waals surface area (Å²) in [4.78, 5) is 9.60. The van der Waals surface area contributed by atoms with Gasteiger partial charge in [-0.3, -0.25) is 4.79 Å². The molecule has 1 fully saturated rings. The lowest BCUT2D eigenvalue weighted by Crippen LogP contribution is -2.17. The maximum absolute atomic E-state index is 9.60. The molecule has 0 spiro atoms. The van der Waals surface area contributed by atoms with Crippen LogP contribution >= 0.6 is 0 Å². The van der Waals surface area contributed by atoms with Gasteiger partial charge in [0.1, 0.15) is 5.60 Å². The molecule has 1 aliphatic rings. The minimum Gasteiger partial charge on any atom is -0.462 e. The Kier molecular flexibility index (Phi) is 6.54. The van der Waals surface area contributed by atoms with Crippen LogP contribution in [0.2, 0.25) is 0 Å². The van der Waals surface area contributed by atoms with Gasteiger partial charge in [0, 0.05) is 0 Å². The van der Waals surface area contributed by atoms with Crippen LogP contribution in [0.25, 0.3) is 0 Å². The molecule has 1 rings (SSSR count). The van der Waals surface area contributed by atoms with Crippen molar-refractivity contribution in [3.63, 3.8) is 0 Å². The molecule has 0 aromatic heterocycles. The van der Waals surface area contributed by atoms with Gasteiger partial charge in [-0.05, 0) is 33.6 Å². The summed E-state index contributed by atoms with van der Waals surface area (Å²) < 4.78 is 4.55. The molecule has 3 nitrogen and oxygen atoms in total. The summed E-state index contributed by atoms with van der Waals surface area (Å²) in [5.41, 5.74) is -0.318. The van der Waals surface area contributed by atoms with Crippen LogP contribution in [0.15, 0.2) is 0 Å². The van der Waals surface area contributed by atoms with E-state index in [-0.39, 0.29) is 11.7 Å². The van der Waals surface area contributed by atoms with Crippen LogP contribution < -0.4 is 0 Å². The molecule has 0 aliphatic heterocycles. The first-order valence-corrected chi connectivity index (χ1v) is 5.25. The second-order valence-corrected chi connectivity index (χ2v) is 4.62. The van der Waals surface area contributed by atoms with Crippen molar-refractivity contribution in [2.24, 2.45) is 0 Å². The Morgan fingerprint density at radius 1 is 1.21 bits per heavy atom. The summed E-state index contributed by atoms with van der Waals surface area (Å²) in [6.45, 7) is 5.92. The van der Waals surface area contributed by atoms with E-state index in [1.165, 1.54) is 19.3 Å². The van der Waals surface area contributed by atoms with Crippen LogP contribution in [0.1, 0.15) is 52.9 Å². The number of aliphatic hydroxyl groups excluding tert-OH is 1. The fraction of sp³-hybridized carbons (Fsp3) is 0.909. The molecule has 0 bridgehead atoms. The standard InChI is InChI=1S/C6H12O.C5H10O2/c7-6-4-2-1-3-5-6;1-5(2,3)7-4-6/h6-7H,1-5H2;4H,1-3H3. The normalized spacial score (nSPS) is 18.0. The van der Waals surface area contributed by atoms with Gasteiger partial charge in [-0.2, -0.15) is 0 Å². The van der Waals surface area contributed by atoms with E-state index in [4.69, 9.17) is 5.11 Å². The van der Waals surface area contributed by atoms with Gasteiger partial charge < -0.3 is 9.84 Å². The van der Waals surface area contributed by atoms with E-state index in [1.54, 1.807) is 0 Å². The highest BCUT2D eigenvalue weighted by molar-refractivity contribution is 5.37. The topological polar surface area (TPSA) is 46.5 Å². The Morgan fingerprint density at radius 2 is 1.71 bits per heavy atom. The second kappa shape index (κ2) is 6.82. The number of carbonyl (C=O) groups is 1. The summed E-state index contributed by atoms with van der Waals surface area (Å²) in [5.74, 6) is 0. The molecule has 14 heavy (non-hydrogen) atoms. The van der Waals surface area contributed by atoms with Crippen molar-refractivity contribution in [1.82, 2.24) is 0 Å². The van der Waals surface area contributed by atoms with E-state index in [9.17, 15) is 4.79 Å². The molecular formula is C11H22O3. The quantitative estimate of drug-likeness (QED) is 0.663. The predicted molar refractivity (Wildman–Crippen MR) is 56.0 cm³/mol. The average Bonchev–Trinajstić information content (AvgIpc) is 2.04. The van der Waals surface area contributed by atoms with Crippen molar-refractivity contribution in [3.8, 4) is 0 Å². The van der Waals surface area contributed by atoms with E-state index >= 15 is 0 Å². The molecule has 1 aliphatic carbocycles. The summed E-state index contributed by atoms with van der Waals surface area (Å²) in [6, 6.07) is 0. The molecule has 84 valence electrons. The van der Waals surface area contributed by atoms with E-state index in [2.05, 4.69) is 4.74 Å². The summed E-state index contributed by atoms with van der Waals surface area (Å²) in [7, 11) is 0. The van der Waals surface area contributed by atoms with Crippen molar-refractivity contribution in [2.45, 2.75) is 64.6 Å². The van der Waals surface area contributed by atoms with Gasteiger partial charge in [-0.1, -0.05) is 19.3 Å². The Bertz CT molecular complexity index is 143.